The Balaban J connectivity index is 2.68. The van der Waals surface area contributed by atoms with E-state index in [0.717, 1.165) is 25.7 Å². The summed E-state index contributed by atoms with van der Waals surface area (Å²) in [7, 11) is -1.64. The number of rotatable bonds is 6. The number of unbranched alkanes of at least 4 members (excludes halogenated alkanes) is 1. The third kappa shape index (κ3) is 2.94. The highest BCUT2D eigenvalue weighted by Crippen LogP contribution is 2.22. The monoisotopic (exact) mass is 249 g/mol. The van der Waals surface area contributed by atoms with Gasteiger partial charge in [-0.15, -0.1) is 0 Å². The average molecular weight is 249 g/mol. The van der Waals surface area contributed by atoms with Crippen molar-refractivity contribution in [3.8, 4) is 0 Å². The molecule has 0 aromatic rings. The van der Waals surface area contributed by atoms with Gasteiger partial charge in [-0.25, -0.2) is 0 Å². The van der Waals surface area contributed by atoms with E-state index in [2.05, 4.69) is 6.92 Å². The molecule has 2 N–H and O–H groups in total. The lowest BCUT2D eigenvalue weighted by Gasteiger charge is -2.28. The van der Waals surface area contributed by atoms with Crippen LogP contribution in [0.1, 0.15) is 32.6 Å². The van der Waals surface area contributed by atoms with Gasteiger partial charge in [0, 0.05) is 32.7 Å². The number of hydrogen-bond acceptors (Lipinski definition) is 3. The Morgan fingerprint density at radius 3 is 2.75 bits per heavy atom. The van der Waals surface area contributed by atoms with Gasteiger partial charge in [0.25, 0.3) is 10.2 Å². The minimum absolute atomic E-state index is 0.00548. The van der Waals surface area contributed by atoms with Crippen LogP contribution < -0.4 is 5.73 Å². The van der Waals surface area contributed by atoms with E-state index < -0.39 is 10.2 Å². The molecule has 0 amide bonds. The first-order chi connectivity index (χ1) is 7.54. The summed E-state index contributed by atoms with van der Waals surface area (Å²) in [5, 5.41) is 0. The summed E-state index contributed by atoms with van der Waals surface area (Å²) in [4.78, 5) is 0. The lowest BCUT2D eigenvalue weighted by atomic mass is 10.2. The number of nitrogens with zero attached hydrogens (tertiary/aromatic N) is 2. The molecular formula is C10H23N3O2S. The summed E-state index contributed by atoms with van der Waals surface area (Å²) in [5.74, 6) is 0. The predicted molar refractivity (Wildman–Crippen MR) is 65.2 cm³/mol. The van der Waals surface area contributed by atoms with Crippen LogP contribution in [-0.2, 0) is 10.2 Å². The average Bonchev–Trinajstić information content (AvgIpc) is 2.74. The van der Waals surface area contributed by atoms with Crippen molar-refractivity contribution in [2.75, 3.05) is 26.7 Å². The number of nitrogens with two attached hydrogens (primary N) is 1. The topological polar surface area (TPSA) is 66.6 Å². The van der Waals surface area contributed by atoms with Gasteiger partial charge in [0.1, 0.15) is 0 Å². The van der Waals surface area contributed by atoms with Crippen LogP contribution in [0.3, 0.4) is 0 Å². The van der Waals surface area contributed by atoms with Gasteiger partial charge in [-0.2, -0.15) is 17.0 Å². The van der Waals surface area contributed by atoms with E-state index in [0.29, 0.717) is 19.6 Å². The fourth-order valence-electron chi connectivity index (χ4n) is 2.02. The molecule has 0 aliphatic carbocycles. The Hall–Kier alpha value is -0.170. The number of hydrogen-bond donors (Lipinski definition) is 1. The maximum Gasteiger partial charge on any atom is 0.282 e. The van der Waals surface area contributed by atoms with Gasteiger partial charge in [0.15, 0.2) is 0 Å². The normalized spacial score (nSPS) is 23.1. The van der Waals surface area contributed by atoms with E-state index >= 15 is 0 Å². The first kappa shape index (κ1) is 13.9. The molecule has 0 saturated carbocycles. The molecule has 1 unspecified atom stereocenters. The Morgan fingerprint density at radius 1 is 1.50 bits per heavy atom. The largest absolute Gasteiger partial charge is 0.329 e. The van der Waals surface area contributed by atoms with Crippen molar-refractivity contribution in [1.29, 1.82) is 0 Å². The summed E-state index contributed by atoms with van der Waals surface area (Å²) >= 11 is 0. The second-order valence-electron chi connectivity index (χ2n) is 4.33. The van der Waals surface area contributed by atoms with Crippen LogP contribution in [0.25, 0.3) is 0 Å². The van der Waals surface area contributed by atoms with Crippen LogP contribution in [0.5, 0.6) is 0 Å². The SMILES string of the molecule is CCCCN(C)S(=O)(=O)N1CCCC1CN. The molecule has 0 aromatic heterocycles. The van der Waals surface area contributed by atoms with E-state index in [9.17, 15) is 8.42 Å². The highest BCUT2D eigenvalue weighted by Gasteiger charge is 2.35. The first-order valence-electron chi connectivity index (χ1n) is 5.97. The molecule has 5 nitrogen and oxygen atoms in total. The molecule has 1 aliphatic heterocycles. The van der Waals surface area contributed by atoms with Crippen molar-refractivity contribution in [3.63, 3.8) is 0 Å². The third-order valence-electron chi connectivity index (χ3n) is 3.11. The van der Waals surface area contributed by atoms with Gasteiger partial charge in [-0.1, -0.05) is 13.3 Å². The maximum absolute atomic E-state index is 12.2. The van der Waals surface area contributed by atoms with Crippen LogP contribution in [0, 0.1) is 0 Å². The van der Waals surface area contributed by atoms with Gasteiger partial charge in [-0.3, -0.25) is 0 Å². The molecule has 0 spiro atoms. The molecular weight excluding hydrogens is 226 g/mol. The molecule has 16 heavy (non-hydrogen) atoms. The van der Waals surface area contributed by atoms with Crippen LogP contribution >= 0.6 is 0 Å². The summed E-state index contributed by atoms with van der Waals surface area (Å²) < 4.78 is 27.4. The fraction of sp³-hybridized carbons (Fsp3) is 1.00. The Bertz CT molecular complexity index is 305. The van der Waals surface area contributed by atoms with Gasteiger partial charge in [-0.05, 0) is 19.3 Å². The summed E-state index contributed by atoms with van der Waals surface area (Å²) in [6.07, 6.45) is 3.71. The van der Waals surface area contributed by atoms with Crippen molar-refractivity contribution in [3.05, 3.63) is 0 Å². The van der Waals surface area contributed by atoms with Crippen molar-refractivity contribution in [2.24, 2.45) is 5.73 Å². The Kier molecular flexibility index (Phi) is 5.17. The highest BCUT2D eigenvalue weighted by atomic mass is 32.2. The molecule has 0 aromatic carbocycles. The van der Waals surface area contributed by atoms with E-state index in [1.54, 1.807) is 11.4 Å². The van der Waals surface area contributed by atoms with Crippen molar-refractivity contribution < 1.29 is 8.42 Å². The summed E-state index contributed by atoms with van der Waals surface area (Å²) in [5.41, 5.74) is 5.60. The van der Waals surface area contributed by atoms with Gasteiger partial charge in [0.05, 0.1) is 0 Å². The lowest BCUT2D eigenvalue weighted by Crippen LogP contribution is -2.46. The second kappa shape index (κ2) is 5.95. The summed E-state index contributed by atoms with van der Waals surface area (Å²) in [6.45, 7) is 3.67. The smallest absolute Gasteiger partial charge is 0.282 e. The minimum atomic E-state index is -3.29. The van der Waals surface area contributed by atoms with Crippen molar-refractivity contribution >= 4 is 10.2 Å². The molecule has 1 heterocycles. The van der Waals surface area contributed by atoms with Crippen LogP contribution in [0.15, 0.2) is 0 Å². The zero-order valence-electron chi connectivity index (χ0n) is 10.2. The fourth-order valence-corrected chi connectivity index (χ4v) is 3.67. The quantitative estimate of drug-likeness (QED) is 0.740. The van der Waals surface area contributed by atoms with Crippen molar-refractivity contribution in [1.82, 2.24) is 8.61 Å². The highest BCUT2D eigenvalue weighted by molar-refractivity contribution is 7.86. The van der Waals surface area contributed by atoms with Gasteiger partial charge < -0.3 is 5.73 Å². The molecule has 0 bridgehead atoms. The minimum Gasteiger partial charge on any atom is -0.329 e. The molecule has 1 atom stereocenters. The maximum atomic E-state index is 12.2. The third-order valence-corrected chi connectivity index (χ3v) is 5.16. The predicted octanol–water partition coefficient (Wildman–Crippen LogP) is 0.386. The molecule has 6 heteroatoms. The Labute approximate surface area is 98.8 Å². The summed E-state index contributed by atoms with van der Waals surface area (Å²) in [6, 6.07) is -0.00548. The van der Waals surface area contributed by atoms with E-state index in [1.165, 1.54) is 4.31 Å². The van der Waals surface area contributed by atoms with Crippen LogP contribution in [-0.4, -0.2) is 49.8 Å². The van der Waals surface area contributed by atoms with E-state index in [4.69, 9.17) is 5.73 Å². The second-order valence-corrected chi connectivity index (χ2v) is 6.31. The molecule has 96 valence electrons. The molecule has 1 aliphatic rings. The standard InChI is InChI=1S/C10H23N3O2S/c1-3-4-7-12(2)16(14,15)13-8-5-6-10(13)9-11/h10H,3-9,11H2,1-2H3. The lowest BCUT2D eigenvalue weighted by molar-refractivity contribution is 0.344. The molecule has 1 fully saturated rings. The Morgan fingerprint density at radius 2 is 2.19 bits per heavy atom. The van der Waals surface area contributed by atoms with Crippen molar-refractivity contribution in [2.45, 2.75) is 38.6 Å². The zero-order valence-corrected chi connectivity index (χ0v) is 11.0. The van der Waals surface area contributed by atoms with Crippen LogP contribution in [0.2, 0.25) is 0 Å². The molecule has 0 radical (unpaired) electrons. The zero-order chi connectivity index (χ0) is 12.2. The van der Waals surface area contributed by atoms with Gasteiger partial charge >= 0.3 is 0 Å². The van der Waals surface area contributed by atoms with E-state index in [-0.39, 0.29) is 6.04 Å². The van der Waals surface area contributed by atoms with Gasteiger partial charge in [0.2, 0.25) is 0 Å². The first-order valence-corrected chi connectivity index (χ1v) is 7.37. The molecule has 1 saturated heterocycles. The van der Waals surface area contributed by atoms with Crippen LogP contribution in [0.4, 0.5) is 0 Å². The van der Waals surface area contributed by atoms with E-state index in [1.807, 2.05) is 0 Å². The molecule has 1 rings (SSSR count).